The van der Waals surface area contributed by atoms with Crippen LogP contribution in [0.1, 0.15) is 11.1 Å². The van der Waals surface area contributed by atoms with Crippen molar-refractivity contribution in [2.75, 3.05) is 25.6 Å². The predicted octanol–water partition coefficient (Wildman–Crippen LogP) is 4.95. The van der Waals surface area contributed by atoms with Crippen LogP contribution in [0.4, 0.5) is 10.5 Å². The first-order valence-corrected chi connectivity index (χ1v) is 11.8. The van der Waals surface area contributed by atoms with Crippen molar-refractivity contribution in [3.8, 4) is 23.8 Å². The maximum absolute atomic E-state index is 12.8. The van der Waals surface area contributed by atoms with E-state index in [1.54, 1.807) is 36.4 Å². The number of hydrogen-bond donors (Lipinski definition) is 1. The molecule has 1 saturated heterocycles. The molecule has 1 fully saturated rings. The molecule has 3 amide bonds. The predicted molar refractivity (Wildman–Crippen MR) is 138 cm³/mol. The second kappa shape index (κ2) is 11.0. The Hall–Kier alpha value is -2.68. The van der Waals surface area contributed by atoms with Gasteiger partial charge in [0.05, 0.1) is 15.6 Å². The molecule has 0 aromatic heterocycles. The van der Waals surface area contributed by atoms with Crippen LogP contribution in [-0.4, -0.2) is 42.2 Å². The zero-order valence-corrected chi connectivity index (χ0v) is 21.3. The van der Waals surface area contributed by atoms with Gasteiger partial charge < -0.3 is 14.8 Å². The molecular weight excluding hydrogens is 579 g/mol. The summed E-state index contributed by atoms with van der Waals surface area (Å²) in [6.07, 6.45) is 6.82. The van der Waals surface area contributed by atoms with Gasteiger partial charge in [-0.1, -0.05) is 23.6 Å². The number of benzene rings is 2. The Balaban J connectivity index is 1.75. The molecular formula is C23H18ClIN2O5S. The normalized spacial score (nSPS) is 14.4. The van der Waals surface area contributed by atoms with E-state index in [0.717, 1.165) is 25.8 Å². The molecule has 0 spiro atoms. The summed E-state index contributed by atoms with van der Waals surface area (Å²) in [5.74, 6) is 2.27. The summed E-state index contributed by atoms with van der Waals surface area (Å²) in [6, 6.07) is 8.51. The SMILES string of the molecule is C#CCOc1c(I)cc(/C=C2/SC(=O)N(CC(=O)Nc3ccc(C)c(Cl)c3)C2=O)cc1OC. The van der Waals surface area contributed by atoms with E-state index in [9.17, 15) is 14.4 Å². The van der Waals surface area contributed by atoms with Crippen LogP contribution in [0.25, 0.3) is 6.08 Å². The molecule has 0 unspecified atom stereocenters. The Bertz CT molecular complexity index is 1210. The molecule has 170 valence electrons. The highest BCUT2D eigenvalue weighted by Crippen LogP contribution is 2.37. The minimum Gasteiger partial charge on any atom is -0.493 e. The summed E-state index contributed by atoms with van der Waals surface area (Å²) in [7, 11) is 1.49. The summed E-state index contributed by atoms with van der Waals surface area (Å²) < 4.78 is 11.6. The summed E-state index contributed by atoms with van der Waals surface area (Å²) >= 11 is 8.90. The number of thioether (sulfide) groups is 1. The zero-order valence-electron chi connectivity index (χ0n) is 17.6. The van der Waals surface area contributed by atoms with Gasteiger partial charge in [0.25, 0.3) is 11.1 Å². The van der Waals surface area contributed by atoms with Gasteiger partial charge in [0.2, 0.25) is 5.91 Å². The lowest BCUT2D eigenvalue weighted by Gasteiger charge is -2.13. The zero-order chi connectivity index (χ0) is 24.1. The molecule has 0 bridgehead atoms. The fourth-order valence-electron chi connectivity index (χ4n) is 2.88. The van der Waals surface area contributed by atoms with Gasteiger partial charge in [-0.3, -0.25) is 19.3 Å². The van der Waals surface area contributed by atoms with E-state index in [4.69, 9.17) is 27.5 Å². The molecule has 0 atom stereocenters. The molecule has 0 radical (unpaired) electrons. The summed E-state index contributed by atoms with van der Waals surface area (Å²) in [5.41, 5.74) is 1.98. The van der Waals surface area contributed by atoms with Crippen LogP contribution >= 0.6 is 46.0 Å². The number of anilines is 1. The highest BCUT2D eigenvalue weighted by molar-refractivity contribution is 14.1. The molecule has 2 aromatic carbocycles. The van der Waals surface area contributed by atoms with E-state index in [1.807, 2.05) is 6.92 Å². The number of methoxy groups -OCH3 is 1. The number of nitrogens with one attached hydrogen (secondary N) is 1. The molecule has 0 saturated carbocycles. The van der Waals surface area contributed by atoms with Crippen LogP contribution in [0.2, 0.25) is 5.02 Å². The van der Waals surface area contributed by atoms with E-state index in [1.165, 1.54) is 7.11 Å². The number of ether oxygens (including phenoxy) is 2. The third-order valence-corrected chi connectivity index (χ3v) is 6.60. The number of halogens is 2. The standard InChI is InChI=1S/C23H18ClIN2O5S/c1-4-7-32-21-17(25)8-14(9-18(21)31-3)10-19-22(29)27(23(30)33-19)12-20(28)26-15-6-5-13(2)16(24)11-15/h1,5-6,8-11H,7,12H2,2-3H3,(H,26,28)/b19-10+. The smallest absolute Gasteiger partial charge is 0.294 e. The number of rotatable bonds is 7. The van der Waals surface area contributed by atoms with Crippen molar-refractivity contribution in [1.29, 1.82) is 0 Å². The van der Waals surface area contributed by atoms with Gasteiger partial charge in [-0.15, -0.1) is 6.42 Å². The van der Waals surface area contributed by atoms with Gasteiger partial charge in [-0.2, -0.15) is 0 Å². The topological polar surface area (TPSA) is 84.9 Å². The molecule has 1 N–H and O–H groups in total. The van der Waals surface area contributed by atoms with Gasteiger partial charge in [-0.25, -0.2) is 0 Å². The molecule has 0 aliphatic carbocycles. The molecule has 2 aromatic rings. The van der Waals surface area contributed by atoms with Crippen molar-refractivity contribution in [3.63, 3.8) is 0 Å². The maximum Gasteiger partial charge on any atom is 0.294 e. The molecule has 33 heavy (non-hydrogen) atoms. The maximum atomic E-state index is 12.8. The van der Waals surface area contributed by atoms with Gasteiger partial charge in [0, 0.05) is 10.7 Å². The summed E-state index contributed by atoms with van der Waals surface area (Å²) in [6.45, 7) is 1.52. The monoisotopic (exact) mass is 596 g/mol. The molecule has 7 nitrogen and oxygen atoms in total. The van der Waals surface area contributed by atoms with Gasteiger partial charge in [0.1, 0.15) is 13.2 Å². The lowest BCUT2D eigenvalue weighted by molar-refractivity contribution is -0.127. The Morgan fingerprint density at radius 1 is 1.33 bits per heavy atom. The van der Waals surface area contributed by atoms with E-state index >= 15 is 0 Å². The highest BCUT2D eigenvalue weighted by atomic mass is 127. The third-order valence-electron chi connectivity index (χ3n) is 4.48. The van der Waals surface area contributed by atoms with Gasteiger partial charge in [-0.05, 0) is 82.7 Å². The Morgan fingerprint density at radius 2 is 2.09 bits per heavy atom. The average molecular weight is 597 g/mol. The Labute approximate surface area is 214 Å². The minimum absolute atomic E-state index is 0.0848. The fourth-order valence-corrected chi connectivity index (χ4v) is 4.68. The Morgan fingerprint density at radius 3 is 2.76 bits per heavy atom. The summed E-state index contributed by atoms with van der Waals surface area (Å²) in [5, 5.41) is 2.62. The van der Waals surface area contributed by atoms with Crippen LogP contribution in [0.5, 0.6) is 11.5 Å². The summed E-state index contributed by atoms with van der Waals surface area (Å²) in [4.78, 5) is 38.7. The fraction of sp³-hybridized carbons (Fsp3) is 0.174. The van der Waals surface area contributed by atoms with Crippen LogP contribution in [0.3, 0.4) is 0 Å². The second-order valence-corrected chi connectivity index (χ2v) is 9.37. The second-order valence-electron chi connectivity index (χ2n) is 6.81. The first-order valence-electron chi connectivity index (χ1n) is 9.48. The van der Waals surface area contributed by atoms with Gasteiger partial charge in [0.15, 0.2) is 11.5 Å². The van der Waals surface area contributed by atoms with Crippen molar-refractivity contribution in [2.45, 2.75) is 6.92 Å². The van der Waals surface area contributed by atoms with Crippen molar-refractivity contribution in [1.82, 2.24) is 4.90 Å². The van der Waals surface area contributed by atoms with E-state index in [2.05, 4.69) is 33.8 Å². The molecule has 1 aliphatic heterocycles. The number of nitrogens with zero attached hydrogens (tertiary/aromatic N) is 1. The first-order chi connectivity index (χ1) is 15.7. The highest BCUT2D eigenvalue weighted by Gasteiger charge is 2.36. The van der Waals surface area contributed by atoms with Crippen molar-refractivity contribution in [2.24, 2.45) is 0 Å². The number of hydrogen-bond acceptors (Lipinski definition) is 6. The van der Waals surface area contributed by atoms with Crippen molar-refractivity contribution in [3.05, 3.63) is 55.0 Å². The van der Waals surface area contributed by atoms with Crippen LogP contribution in [0.15, 0.2) is 35.2 Å². The quantitative estimate of drug-likeness (QED) is 0.277. The lowest BCUT2D eigenvalue weighted by Crippen LogP contribution is -2.36. The van der Waals surface area contributed by atoms with Crippen LogP contribution in [0, 0.1) is 22.8 Å². The lowest BCUT2D eigenvalue weighted by atomic mass is 10.2. The van der Waals surface area contributed by atoms with Crippen LogP contribution in [-0.2, 0) is 9.59 Å². The number of aryl methyl sites for hydroxylation is 1. The van der Waals surface area contributed by atoms with Crippen molar-refractivity contribution >= 4 is 74.8 Å². The average Bonchev–Trinajstić information content (AvgIpc) is 3.02. The Kier molecular flexibility index (Phi) is 8.29. The van der Waals surface area contributed by atoms with E-state index in [-0.39, 0.29) is 11.5 Å². The number of terminal acetylenes is 1. The number of carbonyl (C=O) groups is 3. The number of carbonyl (C=O) groups excluding carboxylic acids is 3. The minimum atomic E-state index is -0.552. The molecule has 1 heterocycles. The van der Waals surface area contributed by atoms with E-state index in [0.29, 0.717) is 27.8 Å². The molecule has 10 heteroatoms. The van der Waals surface area contributed by atoms with Crippen molar-refractivity contribution < 1.29 is 23.9 Å². The first kappa shape index (κ1) is 25.0. The molecule has 1 aliphatic rings. The van der Waals surface area contributed by atoms with E-state index < -0.39 is 23.6 Å². The number of amides is 3. The third kappa shape index (κ3) is 6.01. The largest absolute Gasteiger partial charge is 0.493 e. The van der Waals surface area contributed by atoms with Crippen LogP contribution < -0.4 is 14.8 Å². The van der Waals surface area contributed by atoms with Gasteiger partial charge >= 0.3 is 0 Å². The number of imide groups is 1. The molecule has 3 rings (SSSR count).